The van der Waals surface area contributed by atoms with Crippen LogP contribution in [0.3, 0.4) is 0 Å². The summed E-state index contributed by atoms with van der Waals surface area (Å²) < 4.78 is 6.56. The van der Waals surface area contributed by atoms with Gasteiger partial charge in [-0.25, -0.2) is 0 Å². The van der Waals surface area contributed by atoms with Crippen LogP contribution in [0.2, 0.25) is 0 Å². The lowest BCUT2D eigenvalue weighted by atomic mass is 10.3. The molecule has 0 aliphatic carbocycles. The van der Waals surface area contributed by atoms with Crippen molar-refractivity contribution in [2.24, 2.45) is 0 Å². The second kappa shape index (κ2) is 3.26. The molecule has 1 aromatic heterocycles. The fraction of sp³-hybridized carbons (Fsp3) is 0.571. The van der Waals surface area contributed by atoms with E-state index in [0.29, 0.717) is 13.2 Å². The Hall–Kier alpha value is -1.63. The van der Waals surface area contributed by atoms with Gasteiger partial charge in [0.1, 0.15) is 6.20 Å². The zero-order valence-electron chi connectivity index (χ0n) is 7.30. The van der Waals surface area contributed by atoms with Gasteiger partial charge in [-0.15, -0.1) is 0 Å². The molecule has 1 unspecified atom stereocenters. The molecule has 0 aromatic carbocycles. The van der Waals surface area contributed by atoms with Gasteiger partial charge in [0.05, 0.1) is 17.6 Å². The highest BCUT2D eigenvalue weighted by Gasteiger charge is 2.22. The fourth-order valence-electron chi connectivity index (χ4n) is 1.47. The van der Waals surface area contributed by atoms with Gasteiger partial charge in [-0.3, -0.25) is 24.7 Å². The average molecular weight is 199 g/mol. The van der Waals surface area contributed by atoms with E-state index < -0.39 is 16.2 Å². The summed E-state index contributed by atoms with van der Waals surface area (Å²) in [5.74, 6) is 0. The van der Waals surface area contributed by atoms with Crippen LogP contribution in [0.15, 0.2) is 11.0 Å². The third-order valence-electron chi connectivity index (χ3n) is 2.22. The molecule has 7 nitrogen and oxygen atoms in total. The van der Waals surface area contributed by atoms with Crippen LogP contribution in [0.4, 0.5) is 5.69 Å². The van der Waals surface area contributed by atoms with E-state index in [0.717, 1.165) is 6.42 Å². The van der Waals surface area contributed by atoms with Crippen molar-refractivity contribution in [1.29, 1.82) is 0 Å². The van der Waals surface area contributed by atoms with Crippen LogP contribution in [0.5, 0.6) is 0 Å². The van der Waals surface area contributed by atoms with Crippen LogP contribution < -0.4 is 5.56 Å². The summed E-state index contributed by atoms with van der Waals surface area (Å²) in [6, 6.07) is 0.0106. The molecule has 1 atom stereocenters. The van der Waals surface area contributed by atoms with E-state index in [9.17, 15) is 14.9 Å². The number of nitro groups is 1. The maximum absolute atomic E-state index is 11.1. The Bertz CT molecular complexity index is 401. The highest BCUT2D eigenvalue weighted by molar-refractivity contribution is 5.21. The predicted octanol–water partition coefficient (Wildman–Crippen LogP) is 0.0460. The molecule has 76 valence electrons. The first-order valence-electron chi connectivity index (χ1n) is 4.22. The van der Waals surface area contributed by atoms with Crippen LogP contribution in [-0.4, -0.2) is 27.9 Å². The lowest BCUT2D eigenvalue weighted by Gasteiger charge is -2.06. The minimum atomic E-state index is -0.689. The van der Waals surface area contributed by atoms with Crippen LogP contribution in [0.1, 0.15) is 12.5 Å². The van der Waals surface area contributed by atoms with Gasteiger partial charge in [-0.05, 0) is 6.42 Å². The summed E-state index contributed by atoms with van der Waals surface area (Å²) in [7, 11) is 0. The van der Waals surface area contributed by atoms with E-state index in [-0.39, 0.29) is 6.04 Å². The Morgan fingerprint density at radius 3 is 3.00 bits per heavy atom. The van der Waals surface area contributed by atoms with Crippen LogP contribution in [-0.2, 0) is 4.74 Å². The topological polar surface area (TPSA) is 90.2 Å². The number of nitrogens with zero attached hydrogens (tertiary/aromatic N) is 2. The Kier molecular flexibility index (Phi) is 2.08. The van der Waals surface area contributed by atoms with Gasteiger partial charge in [-0.1, -0.05) is 0 Å². The number of aromatic nitrogens is 2. The second-order valence-electron chi connectivity index (χ2n) is 3.14. The van der Waals surface area contributed by atoms with Crippen molar-refractivity contribution in [2.45, 2.75) is 12.5 Å². The van der Waals surface area contributed by atoms with E-state index in [1.807, 2.05) is 0 Å². The van der Waals surface area contributed by atoms with E-state index in [1.54, 1.807) is 0 Å². The molecule has 1 aliphatic rings. The lowest BCUT2D eigenvalue weighted by Crippen LogP contribution is -2.12. The second-order valence-corrected chi connectivity index (χ2v) is 3.14. The van der Waals surface area contributed by atoms with Crippen molar-refractivity contribution in [2.75, 3.05) is 13.2 Å². The van der Waals surface area contributed by atoms with Crippen molar-refractivity contribution >= 4 is 5.69 Å². The summed E-state index contributed by atoms with van der Waals surface area (Å²) in [6.45, 7) is 1.11. The zero-order chi connectivity index (χ0) is 10.1. The van der Waals surface area contributed by atoms with Gasteiger partial charge in [-0.2, -0.15) is 0 Å². The molecule has 1 saturated heterocycles. The first kappa shape index (κ1) is 8.95. The van der Waals surface area contributed by atoms with E-state index >= 15 is 0 Å². The van der Waals surface area contributed by atoms with Crippen molar-refractivity contribution in [1.82, 2.24) is 9.78 Å². The molecule has 0 saturated carbocycles. The molecule has 2 rings (SSSR count). The third kappa shape index (κ3) is 1.41. The fourth-order valence-corrected chi connectivity index (χ4v) is 1.47. The molecular weight excluding hydrogens is 190 g/mol. The van der Waals surface area contributed by atoms with Crippen molar-refractivity contribution in [3.8, 4) is 0 Å². The molecule has 7 heteroatoms. The normalized spacial score (nSPS) is 21.3. The zero-order valence-corrected chi connectivity index (χ0v) is 7.30. The first-order chi connectivity index (χ1) is 6.68. The monoisotopic (exact) mass is 199 g/mol. The molecule has 0 spiro atoms. The van der Waals surface area contributed by atoms with Crippen LogP contribution >= 0.6 is 0 Å². The molecule has 1 N–H and O–H groups in total. The molecule has 1 aromatic rings. The summed E-state index contributed by atoms with van der Waals surface area (Å²) in [6.07, 6.45) is 1.99. The molecule has 1 aliphatic heterocycles. The molecule has 14 heavy (non-hydrogen) atoms. The summed E-state index contributed by atoms with van der Waals surface area (Å²) in [5, 5.41) is 12.8. The Morgan fingerprint density at radius 1 is 1.71 bits per heavy atom. The lowest BCUT2D eigenvalue weighted by molar-refractivity contribution is -0.386. The van der Waals surface area contributed by atoms with Crippen LogP contribution in [0, 0.1) is 10.1 Å². The van der Waals surface area contributed by atoms with Gasteiger partial charge in [0.25, 0.3) is 0 Å². The maximum Gasteiger partial charge on any atom is 0.352 e. The molecule has 0 bridgehead atoms. The SMILES string of the molecule is O=c1[nH]n(C2CCOC2)cc1[N+](=O)[O-]. The molecule has 2 heterocycles. The van der Waals surface area contributed by atoms with E-state index in [2.05, 4.69) is 5.10 Å². The standard InChI is InChI=1S/C7H9N3O4/c11-7-6(10(12)13)3-9(8-7)5-1-2-14-4-5/h3,5H,1-2,4H2,(H,8,11). The van der Waals surface area contributed by atoms with Gasteiger partial charge in [0.2, 0.25) is 0 Å². The van der Waals surface area contributed by atoms with Crippen LogP contribution in [0.25, 0.3) is 0 Å². The molecule has 0 amide bonds. The summed E-state index contributed by atoms with van der Waals surface area (Å²) >= 11 is 0. The van der Waals surface area contributed by atoms with Gasteiger partial charge >= 0.3 is 11.2 Å². The molecule has 1 fully saturated rings. The number of aromatic amines is 1. The highest BCUT2D eigenvalue weighted by atomic mass is 16.6. The average Bonchev–Trinajstić information content (AvgIpc) is 2.70. The Morgan fingerprint density at radius 2 is 2.50 bits per heavy atom. The molecule has 0 radical (unpaired) electrons. The van der Waals surface area contributed by atoms with Gasteiger partial charge < -0.3 is 4.74 Å². The smallest absolute Gasteiger partial charge is 0.352 e. The van der Waals surface area contributed by atoms with E-state index in [4.69, 9.17) is 4.74 Å². The predicted molar refractivity (Wildman–Crippen MR) is 46.2 cm³/mol. The number of nitrogens with one attached hydrogen (secondary N) is 1. The number of ether oxygens (including phenoxy) is 1. The summed E-state index contributed by atoms with van der Waals surface area (Å²) in [5.41, 5.74) is -1.08. The Labute approximate surface area is 78.4 Å². The van der Waals surface area contributed by atoms with Gasteiger partial charge in [0.15, 0.2) is 0 Å². The number of hydrogen-bond acceptors (Lipinski definition) is 4. The minimum absolute atomic E-state index is 0.0106. The largest absolute Gasteiger partial charge is 0.379 e. The number of H-pyrrole nitrogens is 1. The minimum Gasteiger partial charge on any atom is -0.379 e. The third-order valence-corrected chi connectivity index (χ3v) is 2.22. The first-order valence-corrected chi connectivity index (χ1v) is 4.22. The van der Waals surface area contributed by atoms with E-state index in [1.165, 1.54) is 10.9 Å². The van der Waals surface area contributed by atoms with Crippen molar-refractivity contribution in [3.05, 3.63) is 26.7 Å². The highest BCUT2D eigenvalue weighted by Crippen LogP contribution is 2.18. The maximum atomic E-state index is 11.1. The van der Waals surface area contributed by atoms with Gasteiger partial charge in [0, 0.05) is 6.61 Å². The number of rotatable bonds is 2. The quantitative estimate of drug-likeness (QED) is 0.538. The van der Waals surface area contributed by atoms with Crippen molar-refractivity contribution < 1.29 is 9.66 Å². The molecular formula is C7H9N3O4. The van der Waals surface area contributed by atoms with Crippen molar-refractivity contribution in [3.63, 3.8) is 0 Å². The Balaban J connectivity index is 2.32. The number of hydrogen-bond donors (Lipinski definition) is 1. The summed E-state index contributed by atoms with van der Waals surface area (Å²) in [4.78, 5) is 20.8.